The van der Waals surface area contributed by atoms with Crippen LogP contribution in [-0.4, -0.2) is 37.4 Å². The Morgan fingerprint density at radius 1 is 0.795 bits per heavy atom. The second kappa shape index (κ2) is 9.86. The quantitative estimate of drug-likeness (QED) is 0.251. The van der Waals surface area contributed by atoms with Crippen LogP contribution in [0.3, 0.4) is 0 Å². The van der Waals surface area contributed by atoms with Crippen molar-refractivity contribution in [2.24, 2.45) is 0 Å². The van der Waals surface area contributed by atoms with Crippen LogP contribution in [-0.2, 0) is 0 Å². The number of rotatable bonds is 7. The number of ether oxygens (including phenoxy) is 4. The van der Waals surface area contributed by atoms with Crippen molar-refractivity contribution >= 4 is 44.4 Å². The molecule has 2 aromatic heterocycles. The van der Waals surface area contributed by atoms with Gasteiger partial charge in [-0.1, -0.05) is 23.4 Å². The number of anilines is 1. The summed E-state index contributed by atoms with van der Waals surface area (Å²) in [6.07, 6.45) is 1.68. The molecule has 4 aromatic carbocycles. The molecular formula is C30H23N3O6. The zero-order valence-electron chi connectivity index (χ0n) is 21.3. The molecular weight excluding hydrogens is 498 g/mol. The van der Waals surface area contributed by atoms with Crippen LogP contribution in [0, 0.1) is 0 Å². The average Bonchev–Trinajstić information content (AvgIpc) is 3.39. The molecule has 9 nitrogen and oxygen atoms in total. The van der Waals surface area contributed by atoms with Crippen LogP contribution in [0.2, 0.25) is 0 Å². The Bertz CT molecular complexity index is 1860. The topological polar surface area (TPSA) is 105 Å². The molecule has 6 rings (SSSR count). The Balaban J connectivity index is 1.32. The van der Waals surface area contributed by atoms with Crippen LogP contribution in [0.5, 0.6) is 28.7 Å². The predicted molar refractivity (Wildman–Crippen MR) is 147 cm³/mol. The van der Waals surface area contributed by atoms with Crippen molar-refractivity contribution < 1.29 is 28.3 Å². The highest BCUT2D eigenvalue weighted by Gasteiger charge is 2.18. The maximum Gasteiger partial charge on any atom is 0.257 e. The van der Waals surface area contributed by atoms with Gasteiger partial charge in [0.05, 0.1) is 26.8 Å². The minimum atomic E-state index is -0.323. The van der Waals surface area contributed by atoms with Gasteiger partial charge >= 0.3 is 0 Å². The minimum Gasteiger partial charge on any atom is -0.496 e. The lowest BCUT2D eigenvalue weighted by atomic mass is 10.0. The third-order valence-corrected chi connectivity index (χ3v) is 6.44. The fraction of sp³-hybridized carbons (Fsp3) is 0.100. The summed E-state index contributed by atoms with van der Waals surface area (Å²) in [4.78, 5) is 17.7. The van der Waals surface area contributed by atoms with E-state index in [-0.39, 0.29) is 5.91 Å². The van der Waals surface area contributed by atoms with Crippen LogP contribution in [0.25, 0.3) is 32.6 Å². The summed E-state index contributed by atoms with van der Waals surface area (Å²) in [5.74, 6) is 2.91. The molecule has 0 radical (unpaired) electrons. The Morgan fingerprint density at radius 2 is 1.59 bits per heavy atom. The fourth-order valence-corrected chi connectivity index (χ4v) is 4.58. The zero-order chi connectivity index (χ0) is 26.9. The molecule has 9 heteroatoms. The van der Waals surface area contributed by atoms with Gasteiger partial charge in [0.25, 0.3) is 5.91 Å². The molecule has 6 aromatic rings. The second-order valence-electron chi connectivity index (χ2n) is 8.64. The van der Waals surface area contributed by atoms with Gasteiger partial charge in [-0.25, -0.2) is 0 Å². The molecule has 0 spiro atoms. The van der Waals surface area contributed by atoms with Gasteiger partial charge in [-0.3, -0.25) is 9.78 Å². The van der Waals surface area contributed by atoms with E-state index < -0.39 is 0 Å². The molecule has 0 bridgehead atoms. The van der Waals surface area contributed by atoms with E-state index in [4.69, 9.17) is 23.5 Å². The van der Waals surface area contributed by atoms with E-state index in [1.807, 2.05) is 36.4 Å². The molecule has 2 heterocycles. The van der Waals surface area contributed by atoms with Crippen molar-refractivity contribution in [2.45, 2.75) is 0 Å². The SMILES string of the molecule is COc1cc2nccc(Oc3ccc4c(C(=O)Nc5noc6cccc(OC)c56)cccc4c3)c2cc1OC. The number of nitrogens with zero attached hydrogens (tertiary/aromatic N) is 2. The number of fused-ring (bicyclic) bond motifs is 3. The lowest BCUT2D eigenvalue weighted by Gasteiger charge is -2.13. The fourth-order valence-electron chi connectivity index (χ4n) is 4.58. The van der Waals surface area contributed by atoms with Gasteiger partial charge in [-0.2, -0.15) is 0 Å². The van der Waals surface area contributed by atoms with Crippen molar-refractivity contribution in [1.29, 1.82) is 0 Å². The van der Waals surface area contributed by atoms with Crippen LogP contribution in [0.1, 0.15) is 10.4 Å². The molecule has 0 atom stereocenters. The zero-order valence-corrected chi connectivity index (χ0v) is 21.3. The molecule has 194 valence electrons. The first kappa shape index (κ1) is 24.1. The normalized spacial score (nSPS) is 11.1. The van der Waals surface area contributed by atoms with E-state index in [2.05, 4.69) is 15.5 Å². The number of aromatic nitrogens is 2. The molecule has 0 aliphatic heterocycles. The summed E-state index contributed by atoms with van der Waals surface area (Å²) in [7, 11) is 4.72. The molecule has 0 saturated heterocycles. The second-order valence-corrected chi connectivity index (χ2v) is 8.64. The first-order valence-corrected chi connectivity index (χ1v) is 12.0. The number of pyridine rings is 1. The molecule has 0 aliphatic carbocycles. The van der Waals surface area contributed by atoms with E-state index in [1.54, 1.807) is 63.9 Å². The van der Waals surface area contributed by atoms with Crippen LogP contribution in [0.15, 0.2) is 83.5 Å². The number of hydrogen-bond acceptors (Lipinski definition) is 8. The third kappa shape index (κ3) is 4.29. The number of carbonyl (C=O) groups excluding carboxylic acids is 1. The highest BCUT2D eigenvalue weighted by Crippen LogP contribution is 2.38. The lowest BCUT2D eigenvalue weighted by molar-refractivity contribution is 0.102. The van der Waals surface area contributed by atoms with Gasteiger partial charge < -0.3 is 28.8 Å². The largest absolute Gasteiger partial charge is 0.496 e. The van der Waals surface area contributed by atoms with Crippen LogP contribution in [0.4, 0.5) is 5.82 Å². The van der Waals surface area contributed by atoms with Crippen LogP contribution < -0.4 is 24.3 Å². The van der Waals surface area contributed by atoms with Crippen LogP contribution >= 0.6 is 0 Å². The Morgan fingerprint density at radius 3 is 2.41 bits per heavy atom. The number of benzene rings is 4. The van der Waals surface area contributed by atoms with E-state index in [1.165, 1.54) is 0 Å². The van der Waals surface area contributed by atoms with Gasteiger partial charge in [-0.15, -0.1) is 0 Å². The predicted octanol–water partition coefficient (Wildman–Crippen LogP) is 6.60. The van der Waals surface area contributed by atoms with E-state index in [9.17, 15) is 4.79 Å². The first-order chi connectivity index (χ1) is 19.1. The molecule has 0 unspecified atom stereocenters. The van der Waals surface area contributed by atoms with Crippen molar-refractivity contribution in [3.63, 3.8) is 0 Å². The standard InChI is InChI=1S/C30H23N3O6/c1-35-24-8-5-9-25-28(24)29(33-39-25)32-30(34)20-7-4-6-17-14-18(10-11-19(17)20)38-23-12-13-31-22-16-27(37-3)26(36-2)15-21(22)23/h4-16H,1-3H3,(H,32,33,34). The summed E-state index contributed by atoms with van der Waals surface area (Å²) < 4.78 is 27.9. The highest BCUT2D eigenvalue weighted by atomic mass is 16.5. The summed E-state index contributed by atoms with van der Waals surface area (Å²) in [6.45, 7) is 0. The Hall–Kier alpha value is -5.31. The number of carbonyl (C=O) groups is 1. The van der Waals surface area contributed by atoms with Crippen molar-refractivity contribution in [3.8, 4) is 28.7 Å². The maximum atomic E-state index is 13.3. The summed E-state index contributed by atoms with van der Waals surface area (Å²) >= 11 is 0. The smallest absolute Gasteiger partial charge is 0.257 e. The molecule has 1 N–H and O–H groups in total. The minimum absolute atomic E-state index is 0.293. The Labute approximate surface area is 222 Å². The molecule has 1 amide bonds. The molecule has 39 heavy (non-hydrogen) atoms. The first-order valence-electron chi connectivity index (χ1n) is 12.0. The van der Waals surface area contributed by atoms with E-state index in [0.717, 1.165) is 16.2 Å². The van der Waals surface area contributed by atoms with E-state index >= 15 is 0 Å². The number of methoxy groups -OCH3 is 3. The van der Waals surface area contributed by atoms with Gasteiger partial charge in [0, 0.05) is 23.2 Å². The summed E-state index contributed by atoms with van der Waals surface area (Å²) in [5, 5.41) is 9.86. The van der Waals surface area contributed by atoms with Gasteiger partial charge in [-0.05, 0) is 59.3 Å². The monoisotopic (exact) mass is 521 g/mol. The van der Waals surface area contributed by atoms with Crippen molar-refractivity contribution in [1.82, 2.24) is 10.1 Å². The number of hydrogen-bond donors (Lipinski definition) is 1. The van der Waals surface area contributed by atoms with Gasteiger partial charge in [0.15, 0.2) is 22.9 Å². The van der Waals surface area contributed by atoms with Crippen molar-refractivity contribution in [2.75, 3.05) is 26.6 Å². The third-order valence-electron chi connectivity index (χ3n) is 6.44. The van der Waals surface area contributed by atoms with E-state index in [0.29, 0.717) is 56.6 Å². The molecule has 0 saturated carbocycles. The maximum absolute atomic E-state index is 13.3. The number of nitrogens with one attached hydrogen (secondary N) is 1. The average molecular weight is 522 g/mol. The Kier molecular flexibility index (Phi) is 6.08. The summed E-state index contributed by atoms with van der Waals surface area (Å²) in [5.41, 5.74) is 1.71. The molecule has 0 fully saturated rings. The van der Waals surface area contributed by atoms with Gasteiger partial charge in [0.1, 0.15) is 22.6 Å². The van der Waals surface area contributed by atoms with Gasteiger partial charge in [0.2, 0.25) is 0 Å². The lowest BCUT2D eigenvalue weighted by Crippen LogP contribution is -2.13. The summed E-state index contributed by atoms with van der Waals surface area (Å²) in [6, 6.07) is 21.8. The van der Waals surface area contributed by atoms with Crippen molar-refractivity contribution in [3.05, 3.63) is 84.6 Å². The highest BCUT2D eigenvalue weighted by molar-refractivity contribution is 6.15. The molecule has 0 aliphatic rings. The number of amides is 1.